The van der Waals surface area contributed by atoms with Crippen LogP contribution in [0.1, 0.15) is 63.1 Å². The molecule has 1 aromatic carbocycles. The van der Waals surface area contributed by atoms with Gasteiger partial charge in [-0.3, -0.25) is 0 Å². The lowest BCUT2D eigenvalue weighted by Gasteiger charge is -2.22. The molecule has 0 aromatic heterocycles. The van der Waals surface area contributed by atoms with Crippen LogP contribution in [0.2, 0.25) is 0 Å². The number of benzene rings is 1. The van der Waals surface area contributed by atoms with Crippen LogP contribution < -0.4 is 0 Å². The van der Waals surface area contributed by atoms with E-state index in [2.05, 4.69) is 30.8 Å². The lowest BCUT2D eigenvalue weighted by atomic mass is 9.84. The van der Waals surface area contributed by atoms with Crippen LogP contribution >= 0.6 is 0 Å². The quantitative estimate of drug-likeness (QED) is 0.438. The summed E-state index contributed by atoms with van der Waals surface area (Å²) < 4.78 is 0. The van der Waals surface area contributed by atoms with Gasteiger partial charge in [-0.1, -0.05) is 33.6 Å². The number of nitrogens with zero attached hydrogens (tertiary/aromatic N) is 2. The van der Waals surface area contributed by atoms with Crippen LogP contribution in [0.5, 0.6) is 0 Å². The van der Waals surface area contributed by atoms with Gasteiger partial charge in [-0.2, -0.15) is 9.98 Å². The summed E-state index contributed by atoms with van der Waals surface area (Å²) in [7, 11) is 0. The maximum Gasteiger partial charge on any atom is 0.240 e. The molecule has 0 aliphatic heterocycles. The molecule has 22 heavy (non-hydrogen) atoms. The number of rotatable bonds is 6. The van der Waals surface area contributed by atoms with Gasteiger partial charge < -0.3 is 0 Å². The van der Waals surface area contributed by atoms with Crippen molar-refractivity contribution in [3.63, 3.8) is 0 Å². The van der Waals surface area contributed by atoms with Crippen molar-refractivity contribution < 1.29 is 9.59 Å². The molecule has 0 heterocycles. The Morgan fingerprint density at radius 2 is 1.82 bits per heavy atom. The van der Waals surface area contributed by atoms with E-state index in [4.69, 9.17) is 0 Å². The SMILES string of the molecule is CCCCCc1c(N=C=O)cc(N=C=O)c2c1CCC2(C)C. The number of hydrogen-bond acceptors (Lipinski definition) is 4. The molecule has 4 heteroatoms. The highest BCUT2D eigenvalue weighted by Crippen LogP contribution is 2.48. The van der Waals surface area contributed by atoms with Crippen LogP contribution in [0.4, 0.5) is 11.4 Å². The van der Waals surface area contributed by atoms with Gasteiger partial charge in [0.05, 0.1) is 11.4 Å². The molecule has 0 saturated heterocycles. The number of hydrogen-bond donors (Lipinski definition) is 0. The van der Waals surface area contributed by atoms with Crippen molar-refractivity contribution in [3.05, 3.63) is 22.8 Å². The Balaban J connectivity index is 2.63. The zero-order valence-electron chi connectivity index (χ0n) is 13.5. The normalized spacial score (nSPS) is 14.9. The molecule has 1 aliphatic carbocycles. The monoisotopic (exact) mass is 298 g/mol. The average molecular weight is 298 g/mol. The predicted octanol–water partition coefficient (Wildman–Crippen LogP) is 4.58. The number of fused-ring (bicyclic) bond motifs is 1. The van der Waals surface area contributed by atoms with Gasteiger partial charge >= 0.3 is 0 Å². The van der Waals surface area contributed by atoms with Crippen LogP contribution in [0.25, 0.3) is 0 Å². The summed E-state index contributed by atoms with van der Waals surface area (Å²) in [6.07, 6.45) is 9.48. The molecular weight excluding hydrogens is 276 g/mol. The molecule has 0 fully saturated rings. The van der Waals surface area contributed by atoms with Crippen molar-refractivity contribution >= 4 is 23.5 Å². The van der Waals surface area contributed by atoms with Gasteiger partial charge in [0, 0.05) is 0 Å². The van der Waals surface area contributed by atoms with Crippen molar-refractivity contribution in [2.45, 2.75) is 64.7 Å². The van der Waals surface area contributed by atoms with E-state index in [-0.39, 0.29) is 5.41 Å². The van der Waals surface area contributed by atoms with Crippen molar-refractivity contribution in [3.8, 4) is 0 Å². The summed E-state index contributed by atoms with van der Waals surface area (Å²) in [6, 6.07) is 1.74. The van der Waals surface area contributed by atoms with E-state index < -0.39 is 0 Å². The molecule has 0 saturated carbocycles. The summed E-state index contributed by atoms with van der Waals surface area (Å²) in [5.41, 5.74) is 4.65. The largest absolute Gasteiger partial charge is 0.240 e. The minimum atomic E-state index is -0.0199. The molecule has 0 atom stereocenters. The van der Waals surface area contributed by atoms with Gasteiger partial charge in [0.2, 0.25) is 12.2 Å². The fourth-order valence-corrected chi connectivity index (χ4v) is 3.46. The van der Waals surface area contributed by atoms with Crippen molar-refractivity contribution in [1.82, 2.24) is 0 Å². The lowest BCUT2D eigenvalue weighted by Crippen LogP contribution is -2.12. The van der Waals surface area contributed by atoms with Crippen molar-refractivity contribution in [1.29, 1.82) is 0 Å². The van der Waals surface area contributed by atoms with E-state index in [0.29, 0.717) is 11.4 Å². The molecule has 2 rings (SSSR count). The molecule has 1 aromatic rings. The molecule has 1 aliphatic rings. The summed E-state index contributed by atoms with van der Waals surface area (Å²) in [4.78, 5) is 29.2. The first-order valence-electron chi connectivity index (χ1n) is 7.90. The highest BCUT2D eigenvalue weighted by atomic mass is 16.1. The Morgan fingerprint density at radius 3 is 2.45 bits per heavy atom. The molecular formula is C18H22N2O2. The molecule has 4 nitrogen and oxygen atoms in total. The van der Waals surface area contributed by atoms with E-state index in [1.807, 2.05) is 0 Å². The topological polar surface area (TPSA) is 58.9 Å². The molecule has 0 amide bonds. The minimum Gasteiger partial charge on any atom is -0.211 e. The van der Waals surface area contributed by atoms with Gasteiger partial charge in [-0.05, 0) is 53.9 Å². The Bertz CT molecular complexity index is 664. The van der Waals surface area contributed by atoms with Crippen LogP contribution in [-0.4, -0.2) is 12.2 Å². The Kier molecular flexibility index (Phi) is 5.07. The number of aliphatic imine (C=N–C) groups is 2. The first-order chi connectivity index (χ1) is 10.5. The molecule has 0 spiro atoms. The van der Waals surface area contributed by atoms with E-state index in [1.54, 1.807) is 18.2 Å². The van der Waals surface area contributed by atoms with Gasteiger partial charge in [0.25, 0.3) is 0 Å². The smallest absolute Gasteiger partial charge is 0.211 e. The molecule has 0 bridgehead atoms. The second-order valence-electron chi connectivity index (χ2n) is 6.49. The molecule has 0 radical (unpaired) electrons. The van der Waals surface area contributed by atoms with E-state index in [9.17, 15) is 9.59 Å². The van der Waals surface area contributed by atoms with Crippen molar-refractivity contribution in [2.75, 3.05) is 0 Å². The summed E-state index contributed by atoms with van der Waals surface area (Å²) in [5.74, 6) is 0. The third-order valence-electron chi connectivity index (χ3n) is 4.54. The summed E-state index contributed by atoms with van der Waals surface area (Å²) in [5, 5.41) is 0. The fourth-order valence-electron chi connectivity index (χ4n) is 3.46. The maximum absolute atomic E-state index is 10.8. The van der Waals surface area contributed by atoms with Crippen LogP contribution in [0.15, 0.2) is 16.1 Å². The molecule has 116 valence electrons. The highest BCUT2D eigenvalue weighted by Gasteiger charge is 2.35. The first-order valence-corrected chi connectivity index (χ1v) is 7.90. The number of isocyanates is 2. The lowest BCUT2D eigenvalue weighted by molar-refractivity contribution is 0.523. The standard InChI is InChI=1S/C18H22N2O2/c1-4-5-6-7-13-14-8-9-18(2,3)17(14)16(20-12-22)10-15(13)19-11-21/h10H,4-9H2,1-3H3. The predicted molar refractivity (Wildman–Crippen MR) is 86.6 cm³/mol. The number of carbonyl (C=O) groups excluding carboxylic acids is 2. The van der Waals surface area contributed by atoms with Gasteiger partial charge in [0.15, 0.2) is 0 Å². The van der Waals surface area contributed by atoms with Crippen LogP contribution in [0, 0.1) is 0 Å². The Hall–Kier alpha value is -2.02. The zero-order valence-corrected chi connectivity index (χ0v) is 13.5. The van der Waals surface area contributed by atoms with E-state index in [1.165, 1.54) is 5.56 Å². The highest BCUT2D eigenvalue weighted by molar-refractivity contribution is 5.71. The second kappa shape index (κ2) is 6.83. The fraction of sp³-hybridized carbons (Fsp3) is 0.556. The Labute approximate surface area is 131 Å². The third-order valence-corrected chi connectivity index (χ3v) is 4.54. The van der Waals surface area contributed by atoms with E-state index >= 15 is 0 Å². The zero-order chi connectivity index (χ0) is 16.2. The van der Waals surface area contributed by atoms with E-state index in [0.717, 1.165) is 49.7 Å². The third kappa shape index (κ3) is 3.09. The first kappa shape index (κ1) is 16.4. The van der Waals surface area contributed by atoms with Crippen LogP contribution in [0.3, 0.4) is 0 Å². The maximum atomic E-state index is 10.8. The van der Waals surface area contributed by atoms with Gasteiger partial charge in [0.1, 0.15) is 0 Å². The Morgan fingerprint density at radius 1 is 1.14 bits per heavy atom. The van der Waals surface area contributed by atoms with Crippen molar-refractivity contribution in [2.24, 2.45) is 9.98 Å². The number of unbranched alkanes of at least 4 members (excludes halogenated alkanes) is 2. The van der Waals surface area contributed by atoms with Gasteiger partial charge in [-0.25, -0.2) is 9.59 Å². The molecule has 0 unspecified atom stereocenters. The summed E-state index contributed by atoms with van der Waals surface area (Å²) in [6.45, 7) is 6.50. The minimum absolute atomic E-state index is 0.0199. The average Bonchev–Trinajstić information content (AvgIpc) is 2.79. The molecule has 0 N–H and O–H groups in total. The summed E-state index contributed by atoms with van der Waals surface area (Å²) >= 11 is 0. The van der Waals surface area contributed by atoms with Crippen LogP contribution in [-0.2, 0) is 27.8 Å². The second-order valence-corrected chi connectivity index (χ2v) is 6.49. The van der Waals surface area contributed by atoms with Gasteiger partial charge in [-0.15, -0.1) is 0 Å².